The second-order valence-electron chi connectivity index (χ2n) is 4.31. The Labute approximate surface area is 99.8 Å². The zero-order valence-corrected chi connectivity index (χ0v) is 11.6. The van der Waals surface area contributed by atoms with Gasteiger partial charge in [0, 0.05) is 25.7 Å². The smallest absolute Gasteiger partial charge is 0.215 e. The van der Waals surface area contributed by atoms with Crippen molar-refractivity contribution in [2.45, 2.75) is 33.7 Å². The second-order valence-corrected chi connectivity index (χ2v) is 6.40. The van der Waals surface area contributed by atoms with Crippen LogP contribution < -0.4 is 5.32 Å². The fourth-order valence-electron chi connectivity index (χ4n) is 1.31. The van der Waals surface area contributed by atoms with Crippen molar-refractivity contribution in [1.82, 2.24) is 9.62 Å². The van der Waals surface area contributed by atoms with Gasteiger partial charge in [-0.2, -0.15) is 4.31 Å². The third kappa shape index (κ3) is 6.25. The van der Waals surface area contributed by atoms with Crippen LogP contribution in [0.5, 0.6) is 0 Å². The molecule has 0 saturated carbocycles. The normalized spacial score (nSPS) is 12.4. The molecule has 1 N–H and O–H groups in total. The number of sulfonamides is 1. The summed E-state index contributed by atoms with van der Waals surface area (Å²) in [5.74, 6) is 0.145. The fourth-order valence-corrected chi connectivity index (χ4v) is 2.76. The molecule has 0 rings (SSSR count). The van der Waals surface area contributed by atoms with E-state index in [9.17, 15) is 8.42 Å². The molecule has 0 aromatic heterocycles. The summed E-state index contributed by atoms with van der Waals surface area (Å²) in [4.78, 5) is 0. The highest BCUT2D eigenvalue weighted by Crippen LogP contribution is 2.04. The first-order valence-electron chi connectivity index (χ1n) is 5.65. The Morgan fingerprint density at radius 3 is 2.38 bits per heavy atom. The van der Waals surface area contributed by atoms with Gasteiger partial charge in [-0.3, -0.25) is 0 Å². The van der Waals surface area contributed by atoms with Gasteiger partial charge in [0.1, 0.15) is 0 Å². The Kier molecular flexibility index (Phi) is 6.87. The summed E-state index contributed by atoms with van der Waals surface area (Å²) in [6.07, 6.45) is 0. The van der Waals surface area contributed by atoms with E-state index in [0.717, 1.165) is 5.57 Å². The lowest BCUT2D eigenvalue weighted by atomic mass is 10.3. The third-order valence-electron chi connectivity index (χ3n) is 2.10. The molecule has 0 radical (unpaired) electrons. The van der Waals surface area contributed by atoms with E-state index in [4.69, 9.17) is 0 Å². The van der Waals surface area contributed by atoms with E-state index in [1.54, 1.807) is 0 Å². The summed E-state index contributed by atoms with van der Waals surface area (Å²) in [6.45, 7) is 12.8. The summed E-state index contributed by atoms with van der Waals surface area (Å²) in [5, 5.41) is 3.11. The van der Waals surface area contributed by atoms with Crippen LogP contribution in [0.4, 0.5) is 0 Å². The van der Waals surface area contributed by atoms with Crippen molar-refractivity contribution in [3.8, 4) is 0 Å². The van der Waals surface area contributed by atoms with Gasteiger partial charge in [-0.25, -0.2) is 8.42 Å². The van der Waals surface area contributed by atoms with Crippen LogP contribution in [0.3, 0.4) is 0 Å². The average molecular weight is 248 g/mol. The highest BCUT2D eigenvalue weighted by molar-refractivity contribution is 7.89. The van der Waals surface area contributed by atoms with Crippen LogP contribution in [0, 0.1) is 0 Å². The predicted molar refractivity (Wildman–Crippen MR) is 69.0 cm³/mol. The minimum atomic E-state index is -3.15. The van der Waals surface area contributed by atoms with Crippen molar-refractivity contribution in [2.24, 2.45) is 0 Å². The molecular weight excluding hydrogens is 224 g/mol. The van der Waals surface area contributed by atoms with Crippen molar-refractivity contribution in [2.75, 3.05) is 25.4 Å². The van der Waals surface area contributed by atoms with E-state index >= 15 is 0 Å². The minimum absolute atomic E-state index is 0.145. The van der Waals surface area contributed by atoms with Crippen molar-refractivity contribution < 1.29 is 8.42 Å². The zero-order valence-electron chi connectivity index (χ0n) is 10.8. The maximum absolute atomic E-state index is 11.9. The Hall–Kier alpha value is -0.390. The van der Waals surface area contributed by atoms with Crippen LogP contribution >= 0.6 is 0 Å². The Morgan fingerprint density at radius 1 is 1.44 bits per heavy atom. The predicted octanol–water partition coefficient (Wildman–Crippen LogP) is 1.21. The summed E-state index contributed by atoms with van der Waals surface area (Å²) in [5.41, 5.74) is 0.863. The number of nitrogens with one attached hydrogen (secondary N) is 1. The Balaban J connectivity index is 4.32. The van der Waals surface area contributed by atoms with Crippen LogP contribution in [0.1, 0.15) is 27.7 Å². The van der Waals surface area contributed by atoms with Crippen LogP contribution in [-0.2, 0) is 10.0 Å². The molecule has 0 aliphatic carbocycles. The molecule has 0 heterocycles. The SMILES string of the molecule is C=C(C)CN(CC)S(=O)(=O)CCNC(C)C. The molecular formula is C11H24N2O2S. The molecule has 0 bridgehead atoms. The maximum Gasteiger partial charge on any atom is 0.215 e. The average Bonchev–Trinajstić information content (AvgIpc) is 2.12. The molecule has 16 heavy (non-hydrogen) atoms. The summed E-state index contributed by atoms with van der Waals surface area (Å²) < 4.78 is 25.3. The molecule has 4 nitrogen and oxygen atoms in total. The summed E-state index contributed by atoms with van der Waals surface area (Å²) >= 11 is 0. The van der Waals surface area contributed by atoms with E-state index in [1.165, 1.54) is 4.31 Å². The number of nitrogens with zero attached hydrogens (tertiary/aromatic N) is 1. The van der Waals surface area contributed by atoms with Gasteiger partial charge >= 0.3 is 0 Å². The fraction of sp³-hybridized carbons (Fsp3) is 0.818. The topological polar surface area (TPSA) is 49.4 Å². The monoisotopic (exact) mass is 248 g/mol. The molecule has 0 aromatic rings. The molecule has 0 aromatic carbocycles. The number of hydrogen-bond donors (Lipinski definition) is 1. The third-order valence-corrected chi connectivity index (χ3v) is 4.00. The summed E-state index contributed by atoms with van der Waals surface area (Å²) in [6, 6.07) is 0.311. The van der Waals surface area contributed by atoms with Crippen LogP contribution in [0.2, 0.25) is 0 Å². The van der Waals surface area contributed by atoms with Crippen molar-refractivity contribution >= 4 is 10.0 Å². The van der Waals surface area contributed by atoms with Crippen LogP contribution in [-0.4, -0.2) is 44.2 Å². The molecule has 0 atom stereocenters. The molecule has 5 heteroatoms. The lowest BCUT2D eigenvalue weighted by Crippen LogP contribution is -2.38. The maximum atomic E-state index is 11.9. The van der Waals surface area contributed by atoms with Gasteiger partial charge in [-0.1, -0.05) is 32.9 Å². The van der Waals surface area contributed by atoms with E-state index in [1.807, 2.05) is 27.7 Å². The van der Waals surface area contributed by atoms with E-state index in [2.05, 4.69) is 11.9 Å². The second kappa shape index (κ2) is 7.04. The largest absolute Gasteiger partial charge is 0.313 e. The highest BCUT2D eigenvalue weighted by Gasteiger charge is 2.19. The number of likely N-dealkylation sites (N-methyl/N-ethyl adjacent to an activating group) is 1. The van der Waals surface area contributed by atoms with Gasteiger partial charge in [0.05, 0.1) is 5.75 Å². The molecule has 0 saturated heterocycles. The quantitative estimate of drug-likeness (QED) is 0.657. The molecule has 0 aliphatic rings. The van der Waals surface area contributed by atoms with E-state index in [-0.39, 0.29) is 5.75 Å². The van der Waals surface area contributed by atoms with Crippen LogP contribution in [0.15, 0.2) is 12.2 Å². The minimum Gasteiger partial charge on any atom is -0.313 e. The first-order valence-corrected chi connectivity index (χ1v) is 7.26. The molecule has 0 spiro atoms. The Morgan fingerprint density at radius 2 is 2.00 bits per heavy atom. The molecule has 96 valence electrons. The van der Waals surface area contributed by atoms with Gasteiger partial charge in [0.2, 0.25) is 10.0 Å². The van der Waals surface area contributed by atoms with Gasteiger partial charge < -0.3 is 5.32 Å². The lowest BCUT2D eigenvalue weighted by molar-refractivity contribution is 0.450. The standard InChI is InChI=1S/C11H24N2O2S/c1-6-13(9-10(2)3)16(14,15)8-7-12-11(4)5/h11-12H,2,6-9H2,1,3-5H3. The number of hydrogen-bond acceptors (Lipinski definition) is 3. The number of rotatable bonds is 8. The zero-order chi connectivity index (χ0) is 12.8. The first kappa shape index (κ1) is 15.6. The van der Waals surface area contributed by atoms with Gasteiger partial charge in [0.25, 0.3) is 0 Å². The van der Waals surface area contributed by atoms with Gasteiger partial charge in [-0.15, -0.1) is 0 Å². The van der Waals surface area contributed by atoms with Gasteiger partial charge in [0.15, 0.2) is 0 Å². The molecule has 0 amide bonds. The first-order chi connectivity index (χ1) is 7.29. The van der Waals surface area contributed by atoms with Crippen LogP contribution in [0.25, 0.3) is 0 Å². The lowest BCUT2D eigenvalue weighted by Gasteiger charge is -2.21. The molecule has 0 fully saturated rings. The van der Waals surface area contributed by atoms with E-state index < -0.39 is 10.0 Å². The van der Waals surface area contributed by atoms with Crippen molar-refractivity contribution in [3.05, 3.63) is 12.2 Å². The highest BCUT2D eigenvalue weighted by atomic mass is 32.2. The summed E-state index contributed by atoms with van der Waals surface area (Å²) in [7, 11) is -3.15. The molecule has 0 aliphatic heterocycles. The van der Waals surface area contributed by atoms with Crippen molar-refractivity contribution in [3.63, 3.8) is 0 Å². The molecule has 0 unspecified atom stereocenters. The van der Waals surface area contributed by atoms with Crippen molar-refractivity contribution in [1.29, 1.82) is 0 Å². The van der Waals surface area contributed by atoms with Gasteiger partial charge in [-0.05, 0) is 6.92 Å². The Bertz CT molecular complexity index is 310. The van der Waals surface area contributed by atoms with E-state index in [0.29, 0.717) is 25.7 Å².